The standard InChI is InChI=1S/C23H36N2O3/c1-19(2)10-6-3-4-9-15-24-23(27)20-13-16-25(17-14-20)22(26)18-28-21-11-7-5-8-12-21/h5,7-8,11-12,19-20H,3-4,6,9-10,13-18H2,1-2H3,(H,24,27). The van der Waals surface area contributed by atoms with Gasteiger partial charge < -0.3 is 15.0 Å². The minimum atomic E-state index is -0.0101. The predicted octanol–water partition coefficient (Wildman–Crippen LogP) is 4.03. The van der Waals surface area contributed by atoms with E-state index in [1.165, 1.54) is 25.7 Å². The van der Waals surface area contributed by atoms with E-state index in [0.717, 1.165) is 31.7 Å². The summed E-state index contributed by atoms with van der Waals surface area (Å²) in [5.41, 5.74) is 0. The highest BCUT2D eigenvalue weighted by Crippen LogP contribution is 2.18. The fraction of sp³-hybridized carbons (Fsp3) is 0.652. The molecule has 0 spiro atoms. The zero-order valence-corrected chi connectivity index (χ0v) is 17.5. The van der Waals surface area contributed by atoms with Gasteiger partial charge >= 0.3 is 0 Å². The van der Waals surface area contributed by atoms with E-state index in [0.29, 0.717) is 18.8 Å². The number of para-hydroxylation sites is 1. The van der Waals surface area contributed by atoms with Gasteiger partial charge in [-0.05, 0) is 37.3 Å². The fourth-order valence-electron chi connectivity index (χ4n) is 3.53. The molecule has 2 amide bonds. The quantitative estimate of drug-likeness (QED) is 0.582. The first-order valence-corrected chi connectivity index (χ1v) is 10.8. The summed E-state index contributed by atoms with van der Waals surface area (Å²) in [6, 6.07) is 9.37. The predicted molar refractivity (Wildman–Crippen MR) is 112 cm³/mol. The van der Waals surface area contributed by atoms with Crippen molar-refractivity contribution in [3.05, 3.63) is 30.3 Å². The summed E-state index contributed by atoms with van der Waals surface area (Å²) in [5, 5.41) is 3.08. The third kappa shape index (κ3) is 8.32. The number of hydrogen-bond donors (Lipinski definition) is 1. The molecular weight excluding hydrogens is 352 g/mol. The average Bonchev–Trinajstić information content (AvgIpc) is 2.71. The van der Waals surface area contributed by atoms with E-state index >= 15 is 0 Å². The molecular formula is C23H36N2O3. The maximum absolute atomic E-state index is 12.3. The zero-order valence-electron chi connectivity index (χ0n) is 17.5. The van der Waals surface area contributed by atoms with E-state index in [1.54, 1.807) is 4.90 Å². The summed E-state index contributed by atoms with van der Waals surface area (Å²) in [5.74, 6) is 1.65. The number of hydrogen-bond acceptors (Lipinski definition) is 3. The van der Waals surface area contributed by atoms with Crippen LogP contribution in [-0.2, 0) is 9.59 Å². The molecule has 0 unspecified atom stereocenters. The lowest BCUT2D eigenvalue weighted by Crippen LogP contribution is -2.44. The van der Waals surface area contributed by atoms with Crippen LogP contribution in [0, 0.1) is 11.8 Å². The van der Waals surface area contributed by atoms with Crippen LogP contribution in [0.15, 0.2) is 30.3 Å². The molecule has 1 saturated heterocycles. The molecule has 1 heterocycles. The average molecular weight is 389 g/mol. The molecule has 156 valence electrons. The number of unbranched alkanes of at least 4 members (excludes halogenated alkanes) is 3. The number of nitrogens with zero attached hydrogens (tertiary/aromatic N) is 1. The van der Waals surface area contributed by atoms with Gasteiger partial charge in [0.2, 0.25) is 5.91 Å². The van der Waals surface area contributed by atoms with Gasteiger partial charge in [0.25, 0.3) is 5.91 Å². The third-order valence-electron chi connectivity index (χ3n) is 5.33. The number of nitrogens with one attached hydrogen (secondary N) is 1. The van der Waals surface area contributed by atoms with Crippen molar-refractivity contribution in [3.63, 3.8) is 0 Å². The summed E-state index contributed by atoms with van der Waals surface area (Å²) in [4.78, 5) is 26.4. The van der Waals surface area contributed by atoms with E-state index in [2.05, 4.69) is 19.2 Å². The second kappa shape index (κ2) is 12.4. The molecule has 1 aromatic carbocycles. The van der Waals surface area contributed by atoms with Crippen LogP contribution in [-0.4, -0.2) is 43.0 Å². The lowest BCUT2D eigenvalue weighted by molar-refractivity contribution is -0.137. The first-order valence-electron chi connectivity index (χ1n) is 10.8. The fourth-order valence-corrected chi connectivity index (χ4v) is 3.53. The Morgan fingerprint density at radius 3 is 2.43 bits per heavy atom. The number of ether oxygens (including phenoxy) is 1. The van der Waals surface area contributed by atoms with Crippen LogP contribution in [0.5, 0.6) is 5.75 Å². The molecule has 0 radical (unpaired) electrons. The van der Waals surface area contributed by atoms with Gasteiger partial charge in [-0.1, -0.05) is 57.7 Å². The van der Waals surface area contributed by atoms with Gasteiger partial charge in [0.05, 0.1) is 0 Å². The summed E-state index contributed by atoms with van der Waals surface area (Å²) in [6.45, 7) is 6.60. The van der Waals surface area contributed by atoms with Crippen molar-refractivity contribution < 1.29 is 14.3 Å². The number of carbonyl (C=O) groups is 2. The minimum Gasteiger partial charge on any atom is -0.484 e. The molecule has 5 heteroatoms. The number of piperidine rings is 1. The highest BCUT2D eigenvalue weighted by atomic mass is 16.5. The first-order chi connectivity index (χ1) is 13.6. The Hall–Kier alpha value is -2.04. The van der Waals surface area contributed by atoms with Crippen LogP contribution < -0.4 is 10.1 Å². The molecule has 1 aromatic rings. The number of carbonyl (C=O) groups excluding carboxylic acids is 2. The number of amides is 2. The van der Waals surface area contributed by atoms with Crippen molar-refractivity contribution in [1.82, 2.24) is 10.2 Å². The topological polar surface area (TPSA) is 58.6 Å². The van der Waals surface area contributed by atoms with Crippen LogP contribution in [0.2, 0.25) is 0 Å². The van der Waals surface area contributed by atoms with Gasteiger partial charge in [-0.25, -0.2) is 0 Å². The Labute approximate surface area is 169 Å². The molecule has 1 aliphatic rings. The van der Waals surface area contributed by atoms with Crippen LogP contribution in [0.3, 0.4) is 0 Å². The van der Waals surface area contributed by atoms with Gasteiger partial charge in [-0.3, -0.25) is 9.59 Å². The van der Waals surface area contributed by atoms with Crippen molar-refractivity contribution in [1.29, 1.82) is 0 Å². The van der Waals surface area contributed by atoms with Crippen LogP contribution in [0.4, 0.5) is 0 Å². The third-order valence-corrected chi connectivity index (χ3v) is 5.33. The van der Waals surface area contributed by atoms with Gasteiger partial charge in [0.1, 0.15) is 5.75 Å². The summed E-state index contributed by atoms with van der Waals surface area (Å²) in [6.07, 6.45) is 7.53. The Morgan fingerprint density at radius 1 is 1.07 bits per heavy atom. The Balaban J connectivity index is 1.55. The second-order valence-corrected chi connectivity index (χ2v) is 8.14. The number of benzene rings is 1. The van der Waals surface area contributed by atoms with E-state index in [9.17, 15) is 9.59 Å². The minimum absolute atomic E-state index is 0.0101. The molecule has 0 aromatic heterocycles. The second-order valence-electron chi connectivity index (χ2n) is 8.14. The monoisotopic (exact) mass is 388 g/mol. The molecule has 1 fully saturated rings. The molecule has 1 N–H and O–H groups in total. The van der Waals surface area contributed by atoms with Crippen LogP contribution >= 0.6 is 0 Å². The molecule has 1 aliphatic heterocycles. The van der Waals surface area contributed by atoms with Crippen LogP contribution in [0.25, 0.3) is 0 Å². The van der Waals surface area contributed by atoms with E-state index in [-0.39, 0.29) is 24.3 Å². The van der Waals surface area contributed by atoms with Crippen molar-refractivity contribution in [2.75, 3.05) is 26.2 Å². The Kier molecular flexibility index (Phi) is 9.87. The largest absolute Gasteiger partial charge is 0.484 e. The lowest BCUT2D eigenvalue weighted by atomic mass is 9.96. The lowest BCUT2D eigenvalue weighted by Gasteiger charge is -2.31. The Bertz CT molecular complexity index is 581. The summed E-state index contributed by atoms with van der Waals surface area (Å²) < 4.78 is 5.53. The summed E-state index contributed by atoms with van der Waals surface area (Å²) >= 11 is 0. The molecule has 0 bridgehead atoms. The van der Waals surface area contributed by atoms with E-state index in [4.69, 9.17) is 4.74 Å². The van der Waals surface area contributed by atoms with Gasteiger partial charge in [-0.15, -0.1) is 0 Å². The smallest absolute Gasteiger partial charge is 0.260 e. The molecule has 0 saturated carbocycles. The SMILES string of the molecule is CC(C)CCCCCCNC(=O)C1CCN(C(=O)COc2ccccc2)CC1. The highest BCUT2D eigenvalue weighted by molar-refractivity contribution is 5.80. The Morgan fingerprint density at radius 2 is 1.75 bits per heavy atom. The molecule has 5 nitrogen and oxygen atoms in total. The van der Waals surface area contributed by atoms with Crippen molar-refractivity contribution in [3.8, 4) is 5.75 Å². The molecule has 0 atom stereocenters. The van der Waals surface area contributed by atoms with Gasteiger partial charge in [0, 0.05) is 25.6 Å². The van der Waals surface area contributed by atoms with E-state index < -0.39 is 0 Å². The maximum Gasteiger partial charge on any atom is 0.260 e. The van der Waals surface area contributed by atoms with Gasteiger partial charge in [-0.2, -0.15) is 0 Å². The molecule has 28 heavy (non-hydrogen) atoms. The maximum atomic E-state index is 12.3. The highest BCUT2D eigenvalue weighted by Gasteiger charge is 2.27. The van der Waals surface area contributed by atoms with Crippen molar-refractivity contribution in [2.45, 2.75) is 58.8 Å². The number of likely N-dealkylation sites (tertiary alicyclic amines) is 1. The normalized spacial score (nSPS) is 14.9. The van der Waals surface area contributed by atoms with Gasteiger partial charge in [0.15, 0.2) is 6.61 Å². The summed E-state index contributed by atoms with van der Waals surface area (Å²) in [7, 11) is 0. The molecule has 0 aliphatic carbocycles. The van der Waals surface area contributed by atoms with Crippen molar-refractivity contribution >= 4 is 11.8 Å². The first kappa shape index (κ1) is 22.3. The zero-order chi connectivity index (χ0) is 20.2. The van der Waals surface area contributed by atoms with E-state index in [1.807, 2.05) is 30.3 Å². The van der Waals surface area contributed by atoms with Crippen molar-refractivity contribution in [2.24, 2.45) is 11.8 Å². The number of rotatable bonds is 11. The molecule has 2 rings (SSSR count). The van der Waals surface area contributed by atoms with Crippen LogP contribution in [0.1, 0.15) is 58.8 Å².